The van der Waals surface area contributed by atoms with Crippen LogP contribution < -0.4 is 5.32 Å². The van der Waals surface area contributed by atoms with Crippen LogP contribution in [0.25, 0.3) is 11.1 Å². The Morgan fingerprint density at radius 2 is 1.72 bits per heavy atom. The smallest absolute Gasteiger partial charge is 0.277 e. The molecule has 0 aliphatic carbocycles. The molecule has 25 heavy (non-hydrogen) atoms. The van der Waals surface area contributed by atoms with Crippen LogP contribution in [0, 0.1) is 22.4 Å². The highest BCUT2D eigenvalue weighted by Crippen LogP contribution is 2.32. The van der Waals surface area contributed by atoms with Gasteiger partial charge in [-0.15, -0.1) is 0 Å². The van der Waals surface area contributed by atoms with Gasteiger partial charge in [0.25, 0.3) is 5.69 Å². The van der Waals surface area contributed by atoms with Crippen molar-refractivity contribution in [2.75, 3.05) is 5.32 Å². The molecule has 0 spiro atoms. The summed E-state index contributed by atoms with van der Waals surface area (Å²) in [6.45, 7) is 2.01. The molecule has 5 heteroatoms. The van der Waals surface area contributed by atoms with Gasteiger partial charge in [0, 0.05) is 29.2 Å². The second-order valence-electron chi connectivity index (χ2n) is 5.66. The van der Waals surface area contributed by atoms with Crippen LogP contribution in [0.1, 0.15) is 11.1 Å². The highest BCUT2D eigenvalue weighted by atomic mass is 16.6. The molecule has 3 aromatic rings. The molecule has 0 aromatic heterocycles. The van der Waals surface area contributed by atoms with E-state index in [2.05, 4.69) is 5.32 Å². The van der Waals surface area contributed by atoms with Crippen molar-refractivity contribution in [2.45, 2.75) is 6.92 Å². The van der Waals surface area contributed by atoms with Gasteiger partial charge in [-0.05, 0) is 42.3 Å². The van der Waals surface area contributed by atoms with E-state index in [9.17, 15) is 10.1 Å². The molecule has 2 N–H and O–H groups in total. The molecule has 0 atom stereocenters. The van der Waals surface area contributed by atoms with Crippen LogP contribution in [0.3, 0.4) is 0 Å². The molecular formula is C20H17N3O2. The summed E-state index contributed by atoms with van der Waals surface area (Å²) in [5.41, 5.74) is 4.81. The molecule has 0 bridgehead atoms. The Kier molecular flexibility index (Phi) is 4.57. The van der Waals surface area contributed by atoms with Crippen molar-refractivity contribution in [3.8, 4) is 11.1 Å². The molecule has 0 radical (unpaired) electrons. The van der Waals surface area contributed by atoms with Gasteiger partial charge in [-0.25, -0.2) is 0 Å². The molecule has 0 aliphatic rings. The first-order valence-electron chi connectivity index (χ1n) is 7.81. The average Bonchev–Trinajstić information content (AvgIpc) is 2.64. The van der Waals surface area contributed by atoms with Crippen LogP contribution in [-0.4, -0.2) is 11.1 Å². The fourth-order valence-electron chi connectivity index (χ4n) is 2.70. The lowest BCUT2D eigenvalue weighted by molar-refractivity contribution is -0.384. The highest BCUT2D eigenvalue weighted by Gasteiger charge is 2.15. The van der Waals surface area contributed by atoms with Gasteiger partial charge in [0.15, 0.2) is 0 Å². The first kappa shape index (κ1) is 16.4. The summed E-state index contributed by atoms with van der Waals surface area (Å²) in [6.07, 6.45) is 1.25. The van der Waals surface area contributed by atoms with Gasteiger partial charge in [-0.2, -0.15) is 0 Å². The Bertz CT molecular complexity index is 951. The molecule has 5 nitrogen and oxygen atoms in total. The van der Waals surface area contributed by atoms with Gasteiger partial charge in [-0.1, -0.05) is 36.4 Å². The van der Waals surface area contributed by atoms with Crippen LogP contribution in [0.4, 0.5) is 17.1 Å². The lowest BCUT2D eigenvalue weighted by Crippen LogP contribution is -1.98. The molecule has 0 saturated heterocycles. The van der Waals surface area contributed by atoms with E-state index in [0.717, 1.165) is 16.9 Å². The molecule has 124 valence electrons. The minimum Gasteiger partial charge on any atom is -0.355 e. The van der Waals surface area contributed by atoms with Crippen LogP contribution in [0.5, 0.6) is 0 Å². The van der Waals surface area contributed by atoms with E-state index in [4.69, 9.17) is 5.41 Å². The van der Waals surface area contributed by atoms with E-state index in [1.54, 1.807) is 24.3 Å². The standard InChI is InChI=1S/C20H17N3O2/c1-14-6-2-4-8-18(14)22-19-11-10-15(12-16(19)13-21)17-7-3-5-9-20(17)23(24)25/h2-13,21-22H,1H3. The molecule has 3 aromatic carbocycles. The normalized spacial score (nSPS) is 10.3. The van der Waals surface area contributed by atoms with Gasteiger partial charge >= 0.3 is 0 Å². The van der Waals surface area contributed by atoms with Gasteiger partial charge < -0.3 is 10.7 Å². The van der Waals surface area contributed by atoms with Crippen molar-refractivity contribution in [1.29, 1.82) is 5.41 Å². The Morgan fingerprint density at radius 3 is 2.44 bits per heavy atom. The van der Waals surface area contributed by atoms with Gasteiger partial charge in [-0.3, -0.25) is 10.1 Å². The number of nitrogens with one attached hydrogen (secondary N) is 2. The highest BCUT2D eigenvalue weighted by molar-refractivity contribution is 5.91. The van der Waals surface area contributed by atoms with Crippen molar-refractivity contribution in [3.63, 3.8) is 0 Å². The second-order valence-corrected chi connectivity index (χ2v) is 5.66. The fourth-order valence-corrected chi connectivity index (χ4v) is 2.70. The quantitative estimate of drug-likeness (QED) is 0.378. The number of hydrogen-bond acceptors (Lipinski definition) is 4. The summed E-state index contributed by atoms with van der Waals surface area (Å²) in [5.74, 6) is 0. The van der Waals surface area contributed by atoms with Crippen LogP contribution in [0.15, 0.2) is 66.7 Å². The Hall–Kier alpha value is -3.47. The Morgan fingerprint density at radius 1 is 1.00 bits per heavy atom. The average molecular weight is 331 g/mol. The minimum atomic E-state index is -0.390. The van der Waals surface area contributed by atoms with E-state index < -0.39 is 0 Å². The molecule has 0 saturated carbocycles. The first-order chi connectivity index (χ1) is 12.1. The minimum absolute atomic E-state index is 0.0537. The third-order valence-corrected chi connectivity index (χ3v) is 4.03. The maximum atomic E-state index is 11.2. The zero-order valence-corrected chi connectivity index (χ0v) is 13.7. The zero-order chi connectivity index (χ0) is 17.8. The Labute approximate surface area is 145 Å². The predicted octanol–water partition coefficient (Wildman–Crippen LogP) is 5.31. The number of aryl methyl sites for hydroxylation is 1. The lowest BCUT2D eigenvalue weighted by Gasteiger charge is -2.13. The van der Waals surface area contributed by atoms with Gasteiger partial charge in [0.2, 0.25) is 0 Å². The van der Waals surface area contributed by atoms with Crippen molar-refractivity contribution in [2.24, 2.45) is 0 Å². The SMILES string of the molecule is Cc1ccccc1Nc1ccc(-c2ccccc2[N+](=O)[O-])cc1C=N. The lowest BCUT2D eigenvalue weighted by atomic mass is 10.0. The topological polar surface area (TPSA) is 79.0 Å². The third kappa shape index (κ3) is 3.40. The third-order valence-electron chi connectivity index (χ3n) is 4.03. The molecule has 0 fully saturated rings. The number of benzene rings is 3. The monoisotopic (exact) mass is 331 g/mol. The fraction of sp³-hybridized carbons (Fsp3) is 0.0500. The molecule has 0 amide bonds. The number of anilines is 2. The largest absolute Gasteiger partial charge is 0.355 e. The molecule has 0 heterocycles. The summed E-state index contributed by atoms with van der Waals surface area (Å²) in [6, 6.07) is 20.0. The second kappa shape index (κ2) is 6.97. The molecular weight excluding hydrogens is 314 g/mol. The van der Waals surface area contributed by atoms with E-state index in [-0.39, 0.29) is 10.6 Å². The summed E-state index contributed by atoms with van der Waals surface area (Å²) < 4.78 is 0. The zero-order valence-electron chi connectivity index (χ0n) is 13.7. The van der Waals surface area contributed by atoms with Crippen LogP contribution in [0.2, 0.25) is 0 Å². The maximum Gasteiger partial charge on any atom is 0.277 e. The Balaban J connectivity index is 2.02. The van der Waals surface area contributed by atoms with Crippen molar-refractivity contribution in [1.82, 2.24) is 0 Å². The molecule has 3 rings (SSSR count). The van der Waals surface area contributed by atoms with Gasteiger partial charge in [0.1, 0.15) is 0 Å². The summed E-state index contributed by atoms with van der Waals surface area (Å²) in [7, 11) is 0. The van der Waals surface area contributed by atoms with E-state index in [1.807, 2.05) is 43.3 Å². The number of para-hydroxylation sites is 2. The van der Waals surface area contributed by atoms with E-state index in [1.165, 1.54) is 12.3 Å². The van der Waals surface area contributed by atoms with Crippen molar-refractivity contribution >= 4 is 23.3 Å². The number of nitro groups is 1. The van der Waals surface area contributed by atoms with Crippen LogP contribution >= 0.6 is 0 Å². The summed E-state index contributed by atoms with van der Waals surface area (Å²) in [4.78, 5) is 10.9. The predicted molar refractivity (Wildman–Crippen MR) is 101 cm³/mol. The van der Waals surface area contributed by atoms with Crippen molar-refractivity contribution in [3.05, 3.63) is 88.0 Å². The maximum absolute atomic E-state index is 11.2. The van der Waals surface area contributed by atoms with Gasteiger partial charge in [0.05, 0.1) is 10.5 Å². The molecule has 0 unspecified atom stereocenters. The van der Waals surface area contributed by atoms with E-state index >= 15 is 0 Å². The van der Waals surface area contributed by atoms with E-state index in [0.29, 0.717) is 16.7 Å². The number of nitro benzene ring substituents is 1. The number of nitrogens with zero attached hydrogens (tertiary/aromatic N) is 1. The van der Waals surface area contributed by atoms with Crippen LogP contribution in [-0.2, 0) is 0 Å². The summed E-state index contributed by atoms with van der Waals surface area (Å²) >= 11 is 0. The first-order valence-corrected chi connectivity index (χ1v) is 7.81. The summed E-state index contributed by atoms with van der Waals surface area (Å²) in [5, 5.41) is 22.3. The van der Waals surface area contributed by atoms with Crippen molar-refractivity contribution < 1.29 is 4.92 Å². The number of rotatable bonds is 5. The molecule has 0 aliphatic heterocycles. The number of hydrogen-bond donors (Lipinski definition) is 2.